The minimum absolute atomic E-state index is 0.194. The molecule has 0 aromatic heterocycles. The molecule has 1 saturated carbocycles. The van der Waals surface area contributed by atoms with Crippen LogP contribution < -0.4 is 10.6 Å². The molecule has 1 aliphatic carbocycles. The molecule has 0 heterocycles. The van der Waals surface area contributed by atoms with Gasteiger partial charge in [-0.2, -0.15) is 8.42 Å². The van der Waals surface area contributed by atoms with Crippen LogP contribution in [0.25, 0.3) is 0 Å². The maximum atomic E-state index is 11.8. The summed E-state index contributed by atoms with van der Waals surface area (Å²) in [5.74, 6) is -1.33. The number of amides is 2. The highest BCUT2D eigenvalue weighted by Crippen LogP contribution is 2.46. The zero-order valence-corrected chi connectivity index (χ0v) is 11.0. The van der Waals surface area contributed by atoms with Gasteiger partial charge in [0.2, 0.25) is 11.8 Å². The van der Waals surface area contributed by atoms with Crippen molar-refractivity contribution in [1.29, 1.82) is 0 Å². The molecule has 104 valence electrons. The fourth-order valence-electron chi connectivity index (χ4n) is 1.55. The fraction of sp³-hybridized carbons (Fsp3) is 0.800. The van der Waals surface area contributed by atoms with Gasteiger partial charge in [0.15, 0.2) is 0 Å². The summed E-state index contributed by atoms with van der Waals surface area (Å²) in [4.78, 5) is 23.5. The van der Waals surface area contributed by atoms with Gasteiger partial charge < -0.3 is 10.6 Å². The number of nitrogens with one attached hydrogen (secondary N) is 2. The Morgan fingerprint density at radius 2 is 1.67 bits per heavy atom. The molecule has 0 aromatic rings. The maximum Gasteiger partial charge on any atom is 0.266 e. The first-order valence-electron chi connectivity index (χ1n) is 5.83. The van der Waals surface area contributed by atoms with Gasteiger partial charge in [0.25, 0.3) is 10.1 Å². The molecule has 0 radical (unpaired) electrons. The van der Waals surface area contributed by atoms with Crippen LogP contribution in [0.3, 0.4) is 0 Å². The third-order valence-corrected chi connectivity index (χ3v) is 3.52. The molecule has 3 N–H and O–H groups in total. The lowest BCUT2D eigenvalue weighted by atomic mass is 10.1. The van der Waals surface area contributed by atoms with Gasteiger partial charge >= 0.3 is 0 Å². The van der Waals surface area contributed by atoms with Crippen LogP contribution in [0.4, 0.5) is 0 Å². The standard InChI is InChI=1S/C10H18N2O5S/c1-2-5-11-8(13)10(3-4-10)9(14)12-6-7-18(15,16)17/h2-7H2,1H3,(H,11,13)(H,12,14)(H,15,16,17). The van der Waals surface area contributed by atoms with Gasteiger partial charge in [-0.15, -0.1) is 0 Å². The van der Waals surface area contributed by atoms with Crippen LogP contribution in [0.2, 0.25) is 0 Å². The third-order valence-electron chi connectivity index (χ3n) is 2.80. The predicted molar refractivity (Wildman–Crippen MR) is 64.4 cm³/mol. The second-order valence-electron chi connectivity index (χ2n) is 4.38. The van der Waals surface area contributed by atoms with Crippen molar-refractivity contribution >= 4 is 21.9 Å². The Kier molecular flexibility index (Phi) is 4.69. The minimum atomic E-state index is -4.09. The van der Waals surface area contributed by atoms with Crippen molar-refractivity contribution in [2.75, 3.05) is 18.8 Å². The zero-order valence-electron chi connectivity index (χ0n) is 10.2. The summed E-state index contributed by atoms with van der Waals surface area (Å²) >= 11 is 0. The van der Waals surface area contributed by atoms with Crippen LogP contribution in [0, 0.1) is 5.41 Å². The number of hydrogen-bond donors (Lipinski definition) is 3. The summed E-state index contributed by atoms with van der Waals surface area (Å²) in [7, 11) is -4.09. The van der Waals surface area contributed by atoms with Crippen molar-refractivity contribution in [3.8, 4) is 0 Å². The Balaban J connectivity index is 2.43. The molecule has 1 aliphatic rings. The van der Waals surface area contributed by atoms with Crippen LogP contribution in [-0.4, -0.2) is 43.6 Å². The van der Waals surface area contributed by atoms with Crippen LogP contribution in [0.15, 0.2) is 0 Å². The summed E-state index contributed by atoms with van der Waals surface area (Å²) in [6, 6.07) is 0. The van der Waals surface area contributed by atoms with Gasteiger partial charge in [-0.1, -0.05) is 6.92 Å². The number of carbonyl (C=O) groups excluding carboxylic acids is 2. The lowest BCUT2D eigenvalue weighted by Crippen LogP contribution is -2.44. The average molecular weight is 278 g/mol. The molecule has 0 spiro atoms. The topological polar surface area (TPSA) is 113 Å². The summed E-state index contributed by atoms with van der Waals surface area (Å²) in [5.41, 5.74) is -1.03. The van der Waals surface area contributed by atoms with E-state index in [1.165, 1.54) is 0 Å². The smallest absolute Gasteiger partial charge is 0.266 e. The molecule has 0 aliphatic heterocycles. The number of rotatable bonds is 7. The largest absolute Gasteiger partial charge is 0.355 e. The molecule has 0 bridgehead atoms. The third kappa shape index (κ3) is 3.95. The Morgan fingerprint density at radius 3 is 2.06 bits per heavy atom. The molecule has 0 saturated heterocycles. The van der Waals surface area contributed by atoms with E-state index < -0.39 is 27.2 Å². The Morgan fingerprint density at radius 1 is 1.17 bits per heavy atom. The monoisotopic (exact) mass is 278 g/mol. The molecule has 7 nitrogen and oxygen atoms in total. The molecule has 0 atom stereocenters. The number of carbonyl (C=O) groups is 2. The highest BCUT2D eigenvalue weighted by Gasteiger charge is 2.56. The molecule has 1 fully saturated rings. The van der Waals surface area contributed by atoms with Crippen molar-refractivity contribution in [3.05, 3.63) is 0 Å². The SMILES string of the molecule is CCCNC(=O)C1(C(=O)NCCS(=O)(=O)O)CC1. The van der Waals surface area contributed by atoms with Crippen molar-refractivity contribution in [3.63, 3.8) is 0 Å². The lowest BCUT2D eigenvalue weighted by Gasteiger charge is -2.14. The van der Waals surface area contributed by atoms with Gasteiger partial charge in [-0.3, -0.25) is 14.1 Å². The van der Waals surface area contributed by atoms with Crippen molar-refractivity contribution in [1.82, 2.24) is 10.6 Å². The molecule has 1 rings (SSSR count). The highest BCUT2D eigenvalue weighted by molar-refractivity contribution is 7.85. The molecule has 18 heavy (non-hydrogen) atoms. The van der Waals surface area contributed by atoms with Crippen LogP contribution in [0.5, 0.6) is 0 Å². The molecular formula is C10H18N2O5S. The van der Waals surface area contributed by atoms with Gasteiger partial charge in [0, 0.05) is 13.1 Å². The molecular weight excluding hydrogens is 260 g/mol. The maximum absolute atomic E-state index is 11.8. The van der Waals surface area contributed by atoms with Crippen LogP contribution >= 0.6 is 0 Å². The first-order chi connectivity index (χ1) is 8.32. The zero-order chi connectivity index (χ0) is 13.8. The molecule has 8 heteroatoms. The van der Waals surface area contributed by atoms with Crippen molar-refractivity contribution in [2.45, 2.75) is 26.2 Å². The quantitative estimate of drug-likeness (QED) is 0.421. The Labute approximate surface area is 106 Å². The molecule has 0 unspecified atom stereocenters. The Bertz CT molecular complexity index is 428. The van der Waals surface area contributed by atoms with Gasteiger partial charge in [0.05, 0.1) is 5.75 Å². The fourth-order valence-corrected chi connectivity index (χ4v) is 1.91. The van der Waals surface area contributed by atoms with E-state index in [2.05, 4.69) is 10.6 Å². The molecule has 2 amide bonds. The lowest BCUT2D eigenvalue weighted by molar-refractivity contribution is -0.137. The van der Waals surface area contributed by atoms with E-state index in [9.17, 15) is 18.0 Å². The van der Waals surface area contributed by atoms with Gasteiger partial charge in [0.1, 0.15) is 5.41 Å². The Hall–Kier alpha value is -1.15. The number of hydrogen-bond acceptors (Lipinski definition) is 4. The first-order valence-corrected chi connectivity index (χ1v) is 7.44. The van der Waals surface area contributed by atoms with E-state index in [0.717, 1.165) is 6.42 Å². The summed E-state index contributed by atoms with van der Waals surface area (Å²) in [5, 5.41) is 5.02. The average Bonchev–Trinajstić information content (AvgIpc) is 3.05. The highest BCUT2D eigenvalue weighted by atomic mass is 32.2. The van der Waals surface area contributed by atoms with E-state index in [1.54, 1.807) is 0 Å². The van der Waals surface area contributed by atoms with Gasteiger partial charge in [-0.25, -0.2) is 0 Å². The van der Waals surface area contributed by atoms with Crippen molar-refractivity contribution < 1.29 is 22.6 Å². The van der Waals surface area contributed by atoms with Crippen LogP contribution in [0.1, 0.15) is 26.2 Å². The predicted octanol–water partition coefficient (Wildman–Crippen LogP) is -0.703. The van der Waals surface area contributed by atoms with E-state index in [0.29, 0.717) is 19.4 Å². The van der Waals surface area contributed by atoms with E-state index in [1.807, 2.05) is 6.92 Å². The molecule has 0 aromatic carbocycles. The second-order valence-corrected chi connectivity index (χ2v) is 5.95. The second kappa shape index (κ2) is 5.66. The van der Waals surface area contributed by atoms with E-state index >= 15 is 0 Å². The minimum Gasteiger partial charge on any atom is -0.355 e. The normalized spacial score (nSPS) is 17.0. The summed E-state index contributed by atoms with van der Waals surface area (Å²) in [6.45, 7) is 2.23. The van der Waals surface area contributed by atoms with Crippen LogP contribution in [-0.2, 0) is 19.7 Å². The van der Waals surface area contributed by atoms with E-state index in [-0.39, 0.29) is 12.5 Å². The van der Waals surface area contributed by atoms with E-state index in [4.69, 9.17) is 4.55 Å². The van der Waals surface area contributed by atoms with Gasteiger partial charge in [-0.05, 0) is 19.3 Å². The van der Waals surface area contributed by atoms with Crippen molar-refractivity contribution in [2.24, 2.45) is 5.41 Å². The summed E-state index contributed by atoms with van der Waals surface area (Å²) in [6.07, 6.45) is 1.73. The first kappa shape index (κ1) is 14.9. The summed E-state index contributed by atoms with van der Waals surface area (Å²) < 4.78 is 29.5.